The fourth-order valence-corrected chi connectivity index (χ4v) is 0. The molecule has 0 fully saturated rings. The van der Waals surface area contributed by atoms with Gasteiger partial charge in [-0.2, -0.15) is 0 Å². The van der Waals surface area contributed by atoms with Crippen LogP contribution in [0.1, 0.15) is 62.3 Å². The maximum Gasteiger partial charge on any atom is 0.0746 e. The monoisotopic (exact) mass is 177 g/mol. The molecule has 0 radical (unpaired) electrons. The molecule has 0 amide bonds. The van der Waals surface area contributed by atoms with E-state index in [0.29, 0.717) is 0 Å². The summed E-state index contributed by atoms with van der Waals surface area (Å²) in [6.07, 6.45) is 0. The Kier molecular flexibility index (Phi) is 22300. The second-order valence-electron chi connectivity index (χ2n) is 0. The van der Waals surface area contributed by atoms with E-state index in [1.54, 1.807) is 20.8 Å². The summed E-state index contributed by atoms with van der Waals surface area (Å²) in [5, 5.41) is 0. The average Bonchev–Trinajstić information content (AvgIpc) is 2.33. The van der Waals surface area contributed by atoms with Crippen LogP contribution < -0.4 is 0 Å². The van der Waals surface area contributed by atoms with E-state index < -0.39 is 0 Å². The average molecular weight is 177 g/mol. The van der Waals surface area contributed by atoms with Gasteiger partial charge in [-0.3, -0.25) is 0 Å². The van der Waals surface area contributed by atoms with E-state index in [-0.39, 0.29) is 0 Å². The summed E-state index contributed by atoms with van der Waals surface area (Å²) < 4.78 is 0. The fraction of sp³-hybridized carbons (Fsp3) is 0.750. The number of rotatable bonds is 0. The Labute approximate surface area is 83.8 Å². The highest BCUT2D eigenvalue weighted by molar-refractivity contribution is 3.94. The lowest BCUT2D eigenvalue weighted by Gasteiger charge is -1.07. The summed E-state index contributed by atoms with van der Waals surface area (Å²) in [5.74, 6) is 0. The minimum atomic E-state index is 1.75. The molecule has 0 nitrogen and oxygen atoms in total. The van der Waals surface area contributed by atoms with Crippen LogP contribution in [0.3, 0.4) is 0 Å². The Morgan fingerprint density at radius 2 is 0.333 bits per heavy atom. The molecular formula is C12H33+3. The highest BCUT2D eigenvalue weighted by Crippen LogP contribution is 1.15. The van der Waals surface area contributed by atoms with E-state index in [2.05, 4.69) is 20.8 Å². The van der Waals surface area contributed by atoms with Crippen LogP contribution in [0.25, 0.3) is 0 Å². The van der Waals surface area contributed by atoms with E-state index in [1.165, 1.54) is 0 Å². The SMILES string of the molecule is CC.CC.CC.[CH2+]C.[CH2+]C.[CH2+]C. The normalized spacial score (nSPS) is 2.75. The van der Waals surface area contributed by atoms with Gasteiger partial charge in [-0.15, -0.1) is 0 Å². The molecular weight excluding hydrogens is 144 g/mol. The maximum absolute atomic E-state index is 3.25. The summed E-state index contributed by atoms with van der Waals surface area (Å²) in [5.41, 5.74) is 0. The van der Waals surface area contributed by atoms with Gasteiger partial charge in [-0.1, -0.05) is 41.5 Å². The second-order valence-corrected chi connectivity index (χ2v) is 0. The molecule has 0 heterocycles. The Bertz CT molecular complexity index is 0. The van der Waals surface area contributed by atoms with E-state index in [1.807, 2.05) is 41.5 Å². The van der Waals surface area contributed by atoms with Crippen molar-refractivity contribution in [2.75, 3.05) is 0 Å². The molecule has 0 atom stereocenters. The van der Waals surface area contributed by atoms with Crippen LogP contribution in [0, 0.1) is 20.8 Å². The molecule has 12 heavy (non-hydrogen) atoms. The van der Waals surface area contributed by atoms with Gasteiger partial charge in [-0.05, 0) is 0 Å². The molecule has 0 aliphatic heterocycles. The highest BCUT2D eigenvalue weighted by Gasteiger charge is 1.07. The predicted molar refractivity (Wildman–Crippen MR) is 67.1 cm³/mol. The lowest BCUT2D eigenvalue weighted by molar-refractivity contribution is 1.50. The summed E-state index contributed by atoms with van der Waals surface area (Å²) in [7, 11) is 0. The number of hydrogen-bond acceptors (Lipinski definition) is 0. The molecule has 0 aromatic carbocycles. The van der Waals surface area contributed by atoms with Crippen molar-refractivity contribution >= 4 is 0 Å². The van der Waals surface area contributed by atoms with E-state index in [4.69, 9.17) is 0 Å². The molecule has 0 aliphatic carbocycles. The van der Waals surface area contributed by atoms with Crippen LogP contribution in [-0.2, 0) is 0 Å². The van der Waals surface area contributed by atoms with Crippen molar-refractivity contribution in [2.45, 2.75) is 62.3 Å². The zero-order chi connectivity index (χ0) is 12.0. The molecule has 0 N–H and O–H groups in total. The van der Waals surface area contributed by atoms with Gasteiger partial charge in [0.1, 0.15) is 0 Å². The smallest absolute Gasteiger partial charge is 0.0683 e. The molecule has 0 saturated carbocycles. The minimum Gasteiger partial charge on any atom is -0.0683 e. The van der Waals surface area contributed by atoms with Gasteiger partial charge < -0.3 is 0 Å². The fourth-order valence-electron chi connectivity index (χ4n) is 0. The van der Waals surface area contributed by atoms with Gasteiger partial charge in [0.15, 0.2) is 0 Å². The molecule has 0 rings (SSSR count). The first-order valence-electron chi connectivity index (χ1n) is 5.12. The Morgan fingerprint density at radius 1 is 0.333 bits per heavy atom. The first-order chi connectivity index (χ1) is 6.00. The van der Waals surface area contributed by atoms with Crippen LogP contribution >= 0.6 is 0 Å². The summed E-state index contributed by atoms with van der Waals surface area (Å²) >= 11 is 0. The summed E-state index contributed by atoms with van der Waals surface area (Å²) in [4.78, 5) is 0. The Morgan fingerprint density at radius 3 is 0.333 bits per heavy atom. The summed E-state index contributed by atoms with van der Waals surface area (Å²) in [6, 6.07) is 0. The van der Waals surface area contributed by atoms with Gasteiger partial charge in [-0.25, -0.2) is 0 Å². The first kappa shape index (κ1) is 41.5. The molecule has 0 aliphatic rings. The third kappa shape index (κ3) is 4680. The van der Waals surface area contributed by atoms with Crippen molar-refractivity contribution in [2.24, 2.45) is 0 Å². The van der Waals surface area contributed by atoms with Crippen molar-refractivity contribution in [1.82, 2.24) is 0 Å². The predicted octanol–water partition coefficient (Wildman–Crippen LogP) is 5.60. The minimum absolute atomic E-state index is 1.75. The van der Waals surface area contributed by atoms with Crippen molar-refractivity contribution in [1.29, 1.82) is 0 Å². The zero-order valence-corrected chi connectivity index (χ0v) is 11.1. The molecule has 0 bridgehead atoms. The molecule has 78 valence electrons. The largest absolute Gasteiger partial charge is 0.0746 e. The van der Waals surface area contributed by atoms with E-state index in [0.717, 1.165) is 0 Å². The molecule has 0 aromatic rings. The lowest BCUT2D eigenvalue weighted by Crippen LogP contribution is -0.888. The van der Waals surface area contributed by atoms with Gasteiger partial charge in [0.25, 0.3) is 0 Å². The van der Waals surface area contributed by atoms with Crippen LogP contribution in [-0.4, -0.2) is 0 Å². The highest BCUT2D eigenvalue weighted by atomic mass is 13.0. The van der Waals surface area contributed by atoms with Crippen molar-refractivity contribution < 1.29 is 0 Å². The molecule has 0 unspecified atom stereocenters. The van der Waals surface area contributed by atoms with Crippen LogP contribution in [0.4, 0.5) is 0 Å². The third-order valence-electron chi connectivity index (χ3n) is 0. The van der Waals surface area contributed by atoms with Crippen molar-refractivity contribution in [3.63, 3.8) is 0 Å². The topological polar surface area (TPSA) is 0 Å². The molecule has 0 spiro atoms. The second kappa shape index (κ2) is 6440. The standard InChI is InChI=1S/3C2H6.3C2H5/c6*1-2/h3*1-2H3;3*1H2,2H3/q;;;3*+1. The molecule has 0 saturated heterocycles. The first-order valence-corrected chi connectivity index (χ1v) is 5.12. The third-order valence-corrected chi connectivity index (χ3v) is 0. The summed E-state index contributed by atoms with van der Waals surface area (Å²) in [6.45, 7) is 27.0. The Balaban J connectivity index is -0.00000000900. The molecule has 0 aromatic heterocycles. The lowest BCUT2D eigenvalue weighted by atomic mass is 11.0. The maximum atomic E-state index is 3.25. The quantitative estimate of drug-likeness (QED) is 0.422. The van der Waals surface area contributed by atoms with Gasteiger partial charge in [0, 0.05) is 0 Å². The number of hydrogen-bond donors (Lipinski definition) is 0. The van der Waals surface area contributed by atoms with Gasteiger partial charge in [0.05, 0.1) is 41.5 Å². The zero-order valence-electron chi connectivity index (χ0n) is 11.1. The van der Waals surface area contributed by atoms with Gasteiger partial charge >= 0.3 is 0 Å². The van der Waals surface area contributed by atoms with E-state index in [9.17, 15) is 0 Å². The van der Waals surface area contributed by atoms with Crippen molar-refractivity contribution in [3.8, 4) is 0 Å². The van der Waals surface area contributed by atoms with E-state index >= 15 is 0 Å². The molecule has 0 heteroatoms. The van der Waals surface area contributed by atoms with Crippen LogP contribution in [0.15, 0.2) is 0 Å². The van der Waals surface area contributed by atoms with Crippen LogP contribution in [0.5, 0.6) is 0 Å². The van der Waals surface area contributed by atoms with Crippen LogP contribution in [0.2, 0.25) is 0 Å². The Hall–Kier alpha value is -0.390. The van der Waals surface area contributed by atoms with Crippen molar-refractivity contribution in [3.05, 3.63) is 20.8 Å². The van der Waals surface area contributed by atoms with Gasteiger partial charge in [0.2, 0.25) is 0 Å².